The number of amides is 2. The van der Waals surface area contributed by atoms with Gasteiger partial charge in [-0.2, -0.15) is 0 Å². The van der Waals surface area contributed by atoms with E-state index in [1.54, 1.807) is 36.4 Å². The molecule has 0 aromatic heterocycles. The van der Waals surface area contributed by atoms with Gasteiger partial charge in [0.2, 0.25) is 5.91 Å². The van der Waals surface area contributed by atoms with Crippen molar-refractivity contribution >= 4 is 39.1 Å². The molecule has 3 aromatic carbocycles. The van der Waals surface area contributed by atoms with Gasteiger partial charge in [-0.25, -0.2) is 9.96 Å². The van der Waals surface area contributed by atoms with Crippen LogP contribution in [-0.2, 0) is 14.4 Å². The van der Waals surface area contributed by atoms with E-state index in [0.29, 0.717) is 23.8 Å². The van der Waals surface area contributed by atoms with Crippen LogP contribution in [0.5, 0.6) is 11.5 Å². The van der Waals surface area contributed by atoms with Crippen molar-refractivity contribution in [1.82, 2.24) is 0 Å². The highest BCUT2D eigenvalue weighted by Gasteiger charge is 2.60. The summed E-state index contributed by atoms with van der Waals surface area (Å²) in [5, 5.41) is 1.68. The first-order valence-corrected chi connectivity index (χ1v) is 12.3. The van der Waals surface area contributed by atoms with Gasteiger partial charge in [-0.3, -0.25) is 14.4 Å². The first-order valence-electron chi connectivity index (χ1n) is 11.5. The normalized spacial score (nSPS) is 21.4. The van der Waals surface area contributed by atoms with Gasteiger partial charge < -0.3 is 9.47 Å². The van der Waals surface area contributed by atoms with Crippen LogP contribution in [0.2, 0.25) is 0 Å². The first-order chi connectivity index (χ1) is 17.0. The molecule has 3 atom stereocenters. The summed E-state index contributed by atoms with van der Waals surface area (Å²) in [4.78, 5) is 34.6. The van der Waals surface area contributed by atoms with E-state index < -0.39 is 18.1 Å². The lowest BCUT2D eigenvalue weighted by atomic mass is 9.90. The molecule has 2 aliphatic rings. The first kappa shape index (κ1) is 23.4. The lowest BCUT2D eigenvalue weighted by Gasteiger charge is -2.29. The molecule has 3 aromatic rings. The van der Waals surface area contributed by atoms with E-state index in [4.69, 9.17) is 14.3 Å². The summed E-state index contributed by atoms with van der Waals surface area (Å²) < 4.78 is 11.8. The molecule has 0 aliphatic carbocycles. The Bertz CT molecular complexity index is 1230. The van der Waals surface area contributed by atoms with E-state index >= 15 is 0 Å². The number of anilines is 2. The fourth-order valence-corrected chi connectivity index (χ4v) is 5.14. The average Bonchev–Trinajstić information content (AvgIpc) is 3.39. The molecule has 2 saturated heterocycles. The Morgan fingerprint density at radius 2 is 1.69 bits per heavy atom. The van der Waals surface area contributed by atoms with Gasteiger partial charge in [0.1, 0.15) is 17.4 Å². The molecule has 2 heterocycles. The topological polar surface area (TPSA) is 68.3 Å². The molecule has 2 aliphatic heterocycles. The number of hydrogen-bond donors (Lipinski definition) is 0. The van der Waals surface area contributed by atoms with Crippen LogP contribution in [0, 0.1) is 5.92 Å². The number of hydrogen-bond acceptors (Lipinski definition) is 6. The quantitative estimate of drug-likeness (QED) is 0.382. The number of methoxy groups -OCH3 is 1. The number of carbonyl (C=O) groups excluding carboxylic acids is 2. The molecule has 2 fully saturated rings. The van der Waals surface area contributed by atoms with Crippen LogP contribution < -0.4 is 19.4 Å². The van der Waals surface area contributed by atoms with Crippen molar-refractivity contribution < 1.29 is 23.9 Å². The summed E-state index contributed by atoms with van der Waals surface area (Å²) in [5.74, 6) is -0.00601. The van der Waals surface area contributed by atoms with Crippen LogP contribution in [0.25, 0.3) is 0 Å². The fraction of sp³-hybridized carbons (Fsp3) is 0.259. The highest BCUT2D eigenvalue weighted by Crippen LogP contribution is 2.48. The smallest absolute Gasteiger partial charge is 0.266 e. The van der Waals surface area contributed by atoms with E-state index in [2.05, 4.69) is 15.9 Å². The Labute approximate surface area is 212 Å². The molecule has 7 nitrogen and oxygen atoms in total. The van der Waals surface area contributed by atoms with Gasteiger partial charge in [0, 0.05) is 0 Å². The zero-order chi connectivity index (χ0) is 24.5. The highest BCUT2D eigenvalue weighted by molar-refractivity contribution is 9.10. The van der Waals surface area contributed by atoms with Crippen LogP contribution in [0.3, 0.4) is 0 Å². The maximum absolute atomic E-state index is 13.8. The maximum Gasteiger partial charge on any atom is 0.266 e. The number of carbonyl (C=O) groups is 2. The number of imide groups is 1. The summed E-state index contributed by atoms with van der Waals surface area (Å²) in [5.41, 5.74) is 2.10. The third kappa shape index (κ3) is 4.17. The zero-order valence-corrected chi connectivity index (χ0v) is 21.0. The number of para-hydroxylation sites is 1. The summed E-state index contributed by atoms with van der Waals surface area (Å²) in [6.45, 7) is 2.64. The standard InChI is InChI=1S/C27H25BrN2O5/c1-3-15-34-20-12-10-18(11-13-20)29-26(31)23-24(17-9-14-22(33-2)21(28)16-17)30(35-25(23)27(29)32)19-7-5-4-6-8-19/h4-14,16,23-25H,3,15H2,1-2H3/t23-,24+,25+/m0/s1. The van der Waals surface area contributed by atoms with Gasteiger partial charge in [0.25, 0.3) is 5.91 Å². The van der Waals surface area contributed by atoms with E-state index in [1.165, 1.54) is 4.90 Å². The maximum atomic E-state index is 13.8. The van der Waals surface area contributed by atoms with Crippen LogP contribution >= 0.6 is 15.9 Å². The predicted octanol–water partition coefficient (Wildman–Crippen LogP) is 5.30. The van der Waals surface area contributed by atoms with E-state index in [9.17, 15) is 9.59 Å². The lowest BCUT2D eigenvalue weighted by molar-refractivity contribution is -0.126. The van der Waals surface area contributed by atoms with Crippen LogP contribution in [0.1, 0.15) is 24.9 Å². The van der Waals surface area contributed by atoms with Crippen LogP contribution in [0.4, 0.5) is 11.4 Å². The zero-order valence-electron chi connectivity index (χ0n) is 19.4. The predicted molar refractivity (Wildman–Crippen MR) is 135 cm³/mol. The molecule has 0 unspecified atom stereocenters. The minimum Gasteiger partial charge on any atom is -0.496 e. The average molecular weight is 537 g/mol. The number of nitrogens with zero attached hydrogens (tertiary/aromatic N) is 2. The molecule has 180 valence electrons. The van der Waals surface area contributed by atoms with Gasteiger partial charge in [0.15, 0.2) is 6.10 Å². The molecule has 2 amide bonds. The van der Waals surface area contributed by atoms with Crippen LogP contribution in [-0.4, -0.2) is 31.6 Å². The Kier molecular flexibility index (Phi) is 6.49. The van der Waals surface area contributed by atoms with Gasteiger partial charge in [-0.1, -0.05) is 31.2 Å². The molecule has 8 heteroatoms. The Morgan fingerprint density at radius 3 is 2.34 bits per heavy atom. The number of halogens is 1. The second-order valence-corrected chi connectivity index (χ2v) is 9.26. The Balaban J connectivity index is 1.51. The second kappa shape index (κ2) is 9.71. The number of benzene rings is 3. The fourth-order valence-electron chi connectivity index (χ4n) is 4.58. The second-order valence-electron chi connectivity index (χ2n) is 8.41. The van der Waals surface area contributed by atoms with Crippen molar-refractivity contribution in [2.75, 3.05) is 23.7 Å². The Hall–Kier alpha value is -3.36. The minimum absolute atomic E-state index is 0.294. The molecule has 0 radical (unpaired) electrons. The SMILES string of the molecule is CCCOc1ccc(N2C(=O)[C@H]3[C@@H](c4ccc(OC)c(Br)c4)N(c4ccccc4)O[C@H]3C2=O)cc1. The van der Waals surface area contributed by atoms with Gasteiger partial charge in [-0.15, -0.1) is 0 Å². The van der Waals surface area contributed by atoms with Gasteiger partial charge in [-0.05, 0) is 76.4 Å². The van der Waals surface area contributed by atoms with E-state index in [0.717, 1.165) is 22.1 Å². The molecule has 0 spiro atoms. The molecule has 0 N–H and O–H groups in total. The summed E-state index contributed by atoms with van der Waals surface area (Å²) in [6, 6.07) is 21.6. The van der Waals surface area contributed by atoms with Crippen molar-refractivity contribution in [3.63, 3.8) is 0 Å². The van der Waals surface area contributed by atoms with E-state index in [1.807, 2.05) is 55.5 Å². The van der Waals surface area contributed by atoms with Crippen molar-refractivity contribution in [2.45, 2.75) is 25.5 Å². The monoisotopic (exact) mass is 536 g/mol. The summed E-state index contributed by atoms with van der Waals surface area (Å²) in [7, 11) is 1.60. The Morgan fingerprint density at radius 1 is 0.943 bits per heavy atom. The molecular formula is C27H25BrN2O5. The summed E-state index contributed by atoms with van der Waals surface area (Å²) >= 11 is 3.54. The van der Waals surface area contributed by atoms with Gasteiger partial charge >= 0.3 is 0 Å². The third-order valence-corrected chi connectivity index (χ3v) is 6.83. The minimum atomic E-state index is -0.926. The highest BCUT2D eigenvalue weighted by atomic mass is 79.9. The lowest BCUT2D eigenvalue weighted by Crippen LogP contribution is -2.37. The third-order valence-electron chi connectivity index (χ3n) is 6.21. The van der Waals surface area contributed by atoms with E-state index in [-0.39, 0.29) is 11.8 Å². The van der Waals surface area contributed by atoms with Crippen LogP contribution in [0.15, 0.2) is 77.3 Å². The molecule has 5 rings (SSSR count). The van der Waals surface area contributed by atoms with Gasteiger partial charge in [0.05, 0.1) is 35.6 Å². The van der Waals surface area contributed by atoms with Crippen molar-refractivity contribution in [3.05, 3.63) is 82.8 Å². The molecule has 0 saturated carbocycles. The molecular weight excluding hydrogens is 512 g/mol. The molecule has 0 bridgehead atoms. The number of hydroxylamine groups is 1. The molecule has 35 heavy (non-hydrogen) atoms. The number of rotatable bonds is 7. The van der Waals surface area contributed by atoms with Crippen molar-refractivity contribution in [1.29, 1.82) is 0 Å². The number of fused-ring (bicyclic) bond motifs is 1. The largest absolute Gasteiger partial charge is 0.496 e. The number of ether oxygens (including phenoxy) is 2. The summed E-state index contributed by atoms with van der Waals surface area (Å²) in [6.07, 6.45) is -0.0311. The van der Waals surface area contributed by atoms with Crippen molar-refractivity contribution in [2.24, 2.45) is 5.92 Å². The van der Waals surface area contributed by atoms with Crippen molar-refractivity contribution in [3.8, 4) is 11.5 Å².